The molecule has 1 saturated carbocycles. The van der Waals surface area contributed by atoms with Gasteiger partial charge in [-0.05, 0) is 45.2 Å². The second kappa shape index (κ2) is 5.02. The Labute approximate surface area is 109 Å². The quantitative estimate of drug-likeness (QED) is 0.861. The molecule has 2 fully saturated rings. The fourth-order valence-electron chi connectivity index (χ4n) is 3.16. The lowest BCUT2D eigenvalue weighted by molar-refractivity contribution is 0.176. The Morgan fingerprint density at radius 2 is 2.33 bits per heavy atom. The lowest BCUT2D eigenvalue weighted by Gasteiger charge is -2.31. The molecule has 3 rings (SSSR count). The van der Waals surface area contributed by atoms with Crippen LogP contribution in [0.2, 0.25) is 0 Å². The zero-order valence-electron chi connectivity index (χ0n) is 11.5. The van der Waals surface area contributed by atoms with Gasteiger partial charge in [-0.1, -0.05) is 0 Å². The first-order chi connectivity index (χ1) is 8.75. The van der Waals surface area contributed by atoms with Gasteiger partial charge >= 0.3 is 0 Å². The van der Waals surface area contributed by atoms with Gasteiger partial charge in [0.05, 0.1) is 5.69 Å². The molecule has 1 aliphatic carbocycles. The number of nitrogens with zero attached hydrogens (tertiary/aromatic N) is 3. The van der Waals surface area contributed by atoms with Crippen molar-refractivity contribution in [2.45, 2.75) is 50.7 Å². The lowest BCUT2D eigenvalue weighted by Crippen LogP contribution is -2.40. The number of aromatic nitrogens is 2. The first-order valence-electron chi connectivity index (χ1n) is 7.22. The molecular formula is C14H24N4. The smallest absolute Gasteiger partial charge is 0.0549 e. The Morgan fingerprint density at radius 1 is 1.50 bits per heavy atom. The summed E-state index contributed by atoms with van der Waals surface area (Å²) in [6.07, 6.45) is 7.32. The minimum absolute atomic E-state index is 0.479. The summed E-state index contributed by atoms with van der Waals surface area (Å²) in [5.74, 6) is 0. The van der Waals surface area contributed by atoms with Crippen LogP contribution in [0.5, 0.6) is 0 Å². The van der Waals surface area contributed by atoms with Crippen LogP contribution in [0.3, 0.4) is 0 Å². The molecule has 0 aromatic carbocycles. The Hall–Kier alpha value is -0.870. The van der Waals surface area contributed by atoms with Crippen LogP contribution in [0.4, 0.5) is 0 Å². The van der Waals surface area contributed by atoms with Crippen molar-refractivity contribution in [1.82, 2.24) is 20.0 Å². The Bertz CT molecular complexity index is 390. The van der Waals surface area contributed by atoms with Gasteiger partial charge in [-0.2, -0.15) is 5.10 Å². The van der Waals surface area contributed by atoms with Crippen molar-refractivity contribution in [2.24, 2.45) is 7.05 Å². The molecule has 2 atom stereocenters. The molecule has 0 radical (unpaired) electrons. The second-order valence-corrected chi connectivity index (χ2v) is 5.78. The average molecular weight is 248 g/mol. The number of aryl methyl sites for hydroxylation is 1. The third-order valence-electron chi connectivity index (χ3n) is 4.39. The van der Waals surface area contributed by atoms with E-state index in [0.29, 0.717) is 12.1 Å². The van der Waals surface area contributed by atoms with Gasteiger partial charge in [-0.25, -0.2) is 0 Å². The molecule has 100 valence electrons. The zero-order chi connectivity index (χ0) is 12.5. The van der Waals surface area contributed by atoms with E-state index in [1.165, 1.54) is 44.5 Å². The third kappa shape index (κ3) is 2.45. The van der Waals surface area contributed by atoms with E-state index in [0.717, 1.165) is 6.04 Å². The highest BCUT2D eigenvalue weighted by Crippen LogP contribution is 2.34. The molecular weight excluding hydrogens is 224 g/mol. The maximum Gasteiger partial charge on any atom is 0.0549 e. The maximum absolute atomic E-state index is 4.31. The molecule has 1 N–H and O–H groups in total. The molecule has 1 aromatic heterocycles. The number of hydrogen-bond donors (Lipinski definition) is 1. The number of nitrogens with one attached hydrogen (secondary N) is 1. The fourth-order valence-corrected chi connectivity index (χ4v) is 3.16. The maximum atomic E-state index is 4.31. The molecule has 0 bridgehead atoms. The fraction of sp³-hybridized carbons (Fsp3) is 0.786. The van der Waals surface area contributed by atoms with Crippen LogP contribution in [0.1, 0.15) is 44.3 Å². The molecule has 18 heavy (non-hydrogen) atoms. The Kier molecular flexibility index (Phi) is 3.39. The van der Waals surface area contributed by atoms with Gasteiger partial charge < -0.3 is 5.32 Å². The summed E-state index contributed by atoms with van der Waals surface area (Å²) < 4.78 is 2.02. The van der Waals surface area contributed by atoms with Gasteiger partial charge in [-0.15, -0.1) is 0 Å². The lowest BCUT2D eigenvalue weighted by atomic mass is 10.1. The monoisotopic (exact) mass is 248 g/mol. The number of hydrogen-bond acceptors (Lipinski definition) is 3. The van der Waals surface area contributed by atoms with E-state index in [1.54, 1.807) is 0 Å². The summed E-state index contributed by atoms with van der Waals surface area (Å²) in [5.41, 5.74) is 1.33. The molecule has 1 aliphatic heterocycles. The van der Waals surface area contributed by atoms with Gasteiger partial charge in [0.25, 0.3) is 0 Å². The Morgan fingerprint density at radius 3 is 2.89 bits per heavy atom. The summed E-state index contributed by atoms with van der Waals surface area (Å²) in [7, 11) is 2.05. The van der Waals surface area contributed by atoms with Crippen molar-refractivity contribution in [1.29, 1.82) is 0 Å². The molecule has 0 spiro atoms. The van der Waals surface area contributed by atoms with Crippen molar-refractivity contribution < 1.29 is 0 Å². The van der Waals surface area contributed by atoms with Gasteiger partial charge in [0.1, 0.15) is 0 Å². The summed E-state index contributed by atoms with van der Waals surface area (Å²) in [4.78, 5) is 2.68. The molecule has 1 saturated heterocycles. The SMILES string of the molecule is CC(c1ccnn1C)N(CC1CCCN1)C1CC1. The predicted molar refractivity (Wildman–Crippen MR) is 72.4 cm³/mol. The highest BCUT2D eigenvalue weighted by atomic mass is 15.3. The van der Waals surface area contributed by atoms with E-state index in [-0.39, 0.29) is 0 Å². The summed E-state index contributed by atoms with van der Waals surface area (Å²) in [5, 5.41) is 7.93. The van der Waals surface area contributed by atoms with Gasteiger partial charge in [-0.3, -0.25) is 9.58 Å². The van der Waals surface area contributed by atoms with E-state index in [1.807, 2.05) is 17.9 Å². The molecule has 0 amide bonds. The highest BCUT2D eigenvalue weighted by Gasteiger charge is 2.35. The van der Waals surface area contributed by atoms with E-state index < -0.39 is 0 Å². The van der Waals surface area contributed by atoms with Crippen molar-refractivity contribution in [2.75, 3.05) is 13.1 Å². The van der Waals surface area contributed by atoms with E-state index >= 15 is 0 Å². The van der Waals surface area contributed by atoms with Crippen LogP contribution in [-0.2, 0) is 7.05 Å². The summed E-state index contributed by atoms with van der Waals surface area (Å²) in [6, 6.07) is 4.13. The summed E-state index contributed by atoms with van der Waals surface area (Å²) >= 11 is 0. The van der Waals surface area contributed by atoms with Crippen LogP contribution in [0.25, 0.3) is 0 Å². The van der Waals surface area contributed by atoms with E-state index in [9.17, 15) is 0 Å². The van der Waals surface area contributed by atoms with Crippen molar-refractivity contribution >= 4 is 0 Å². The largest absolute Gasteiger partial charge is 0.313 e. The standard InChI is InChI=1S/C14H24N4/c1-11(14-7-9-16-17(14)2)18(13-5-6-13)10-12-4-3-8-15-12/h7,9,11-13,15H,3-6,8,10H2,1-2H3. The molecule has 1 aromatic rings. The normalized spacial score (nSPS) is 25.8. The first kappa shape index (κ1) is 12.2. The molecule has 2 heterocycles. The van der Waals surface area contributed by atoms with Gasteiger partial charge in [0.2, 0.25) is 0 Å². The average Bonchev–Trinajstić information content (AvgIpc) is 2.89. The van der Waals surface area contributed by atoms with E-state index in [2.05, 4.69) is 28.3 Å². The third-order valence-corrected chi connectivity index (χ3v) is 4.39. The predicted octanol–water partition coefficient (Wildman–Crippen LogP) is 1.70. The van der Waals surface area contributed by atoms with E-state index in [4.69, 9.17) is 0 Å². The minimum Gasteiger partial charge on any atom is -0.313 e. The summed E-state index contributed by atoms with van der Waals surface area (Å²) in [6.45, 7) is 4.71. The van der Waals surface area contributed by atoms with Crippen molar-refractivity contribution in [3.05, 3.63) is 18.0 Å². The molecule has 2 unspecified atom stereocenters. The van der Waals surface area contributed by atoms with Crippen molar-refractivity contribution in [3.8, 4) is 0 Å². The van der Waals surface area contributed by atoms with Crippen LogP contribution in [-0.4, -0.2) is 39.9 Å². The molecule has 2 aliphatic rings. The zero-order valence-corrected chi connectivity index (χ0v) is 11.5. The van der Waals surface area contributed by atoms with Crippen LogP contribution in [0, 0.1) is 0 Å². The second-order valence-electron chi connectivity index (χ2n) is 5.78. The van der Waals surface area contributed by atoms with Crippen LogP contribution >= 0.6 is 0 Å². The molecule has 4 nitrogen and oxygen atoms in total. The van der Waals surface area contributed by atoms with Crippen LogP contribution in [0.15, 0.2) is 12.3 Å². The molecule has 4 heteroatoms. The highest BCUT2D eigenvalue weighted by molar-refractivity contribution is 5.08. The van der Waals surface area contributed by atoms with Crippen molar-refractivity contribution in [3.63, 3.8) is 0 Å². The minimum atomic E-state index is 0.479. The topological polar surface area (TPSA) is 33.1 Å². The van der Waals surface area contributed by atoms with Gasteiger partial charge in [0.15, 0.2) is 0 Å². The Balaban J connectivity index is 1.70. The number of rotatable bonds is 5. The first-order valence-corrected chi connectivity index (χ1v) is 7.22. The van der Waals surface area contributed by atoms with Crippen LogP contribution < -0.4 is 5.32 Å². The van der Waals surface area contributed by atoms with Gasteiger partial charge in [0, 0.05) is 37.9 Å².